The maximum Gasteiger partial charge on any atom is 0.419 e. The van der Waals surface area contributed by atoms with Crippen molar-refractivity contribution in [2.75, 3.05) is 6.54 Å². The number of halogens is 6. The molecule has 0 spiro atoms. The number of hydrogen-bond acceptors (Lipinski definition) is 3. The summed E-state index contributed by atoms with van der Waals surface area (Å²) in [6.07, 6.45) is -5.06. The van der Waals surface area contributed by atoms with Gasteiger partial charge in [-0.05, 0) is 51.3 Å². The topological polar surface area (TPSA) is 47.4 Å². The number of ether oxygens (including phenoxy) is 1. The first-order valence-electron chi connectivity index (χ1n) is 10.5. The van der Waals surface area contributed by atoms with Gasteiger partial charge in [-0.15, -0.1) is 0 Å². The molecule has 1 aromatic heterocycles. The lowest BCUT2D eigenvalue weighted by molar-refractivity contribution is -0.140. The molecule has 11 heteroatoms. The Morgan fingerprint density at radius 2 is 1.85 bits per heavy atom. The maximum absolute atomic E-state index is 14.4. The molecule has 2 aromatic rings. The first-order chi connectivity index (χ1) is 15.2. The highest BCUT2D eigenvalue weighted by atomic mass is 35.5. The van der Waals surface area contributed by atoms with Gasteiger partial charge in [-0.2, -0.15) is 13.2 Å². The van der Waals surface area contributed by atoms with Crippen LogP contribution in [0.25, 0.3) is 0 Å². The molecule has 5 nitrogen and oxygen atoms in total. The van der Waals surface area contributed by atoms with E-state index in [1.807, 2.05) is 11.5 Å². The predicted octanol–water partition coefficient (Wildman–Crippen LogP) is 6.32. The molecule has 1 aromatic carbocycles. The molecule has 0 N–H and O–H groups in total. The number of alkyl halides is 3. The molecule has 3 rings (SSSR count). The zero-order chi connectivity index (χ0) is 24.7. The van der Waals surface area contributed by atoms with Crippen LogP contribution in [0, 0.1) is 11.6 Å². The highest BCUT2D eigenvalue weighted by molar-refractivity contribution is 6.30. The zero-order valence-electron chi connectivity index (χ0n) is 18.7. The van der Waals surface area contributed by atoms with Crippen LogP contribution in [-0.4, -0.2) is 32.7 Å². The molecule has 2 heterocycles. The Labute approximate surface area is 193 Å². The molecule has 182 valence electrons. The third-order valence-corrected chi connectivity index (χ3v) is 5.65. The minimum absolute atomic E-state index is 0.0789. The Morgan fingerprint density at radius 3 is 2.42 bits per heavy atom. The lowest BCUT2D eigenvalue weighted by Gasteiger charge is -2.38. The Bertz CT molecular complexity index is 1050. The Morgan fingerprint density at radius 1 is 1.18 bits per heavy atom. The Hall–Kier alpha value is -2.36. The zero-order valence-corrected chi connectivity index (χ0v) is 19.4. The number of aromatic nitrogens is 2. The molecule has 0 saturated carbocycles. The van der Waals surface area contributed by atoms with E-state index >= 15 is 0 Å². The van der Waals surface area contributed by atoms with Crippen LogP contribution in [0.5, 0.6) is 0 Å². The fourth-order valence-electron chi connectivity index (χ4n) is 3.95. The third kappa shape index (κ3) is 5.42. The number of nitrogens with zero attached hydrogens (tertiary/aromatic N) is 3. The van der Waals surface area contributed by atoms with Crippen LogP contribution in [-0.2, 0) is 30.3 Å². The number of amides is 1. The van der Waals surface area contributed by atoms with Gasteiger partial charge in [0.2, 0.25) is 0 Å². The number of carbonyl (C=O) groups is 1. The summed E-state index contributed by atoms with van der Waals surface area (Å²) < 4.78 is 74.4. The quantitative estimate of drug-likeness (QED) is 0.468. The maximum atomic E-state index is 14.4. The summed E-state index contributed by atoms with van der Waals surface area (Å²) in [6.45, 7) is 7.76. The summed E-state index contributed by atoms with van der Waals surface area (Å²) in [5.41, 5.74) is -2.11. The molecule has 0 radical (unpaired) electrons. The van der Waals surface area contributed by atoms with Crippen LogP contribution in [0.1, 0.15) is 62.8 Å². The molecule has 0 bridgehead atoms. The van der Waals surface area contributed by atoms with Crippen molar-refractivity contribution in [3.63, 3.8) is 0 Å². The minimum atomic E-state index is -5.00. The van der Waals surface area contributed by atoms with E-state index in [0.717, 1.165) is 5.82 Å². The molecule has 0 fully saturated rings. The third-order valence-electron chi connectivity index (χ3n) is 5.37. The molecule has 0 saturated heterocycles. The van der Waals surface area contributed by atoms with E-state index in [2.05, 4.69) is 4.98 Å². The van der Waals surface area contributed by atoms with E-state index in [1.54, 1.807) is 20.8 Å². The van der Waals surface area contributed by atoms with Crippen molar-refractivity contribution in [3.8, 4) is 0 Å². The van der Waals surface area contributed by atoms with Crippen molar-refractivity contribution in [1.29, 1.82) is 0 Å². The van der Waals surface area contributed by atoms with Crippen molar-refractivity contribution in [1.82, 2.24) is 14.5 Å². The monoisotopic (exact) mass is 493 g/mol. The van der Waals surface area contributed by atoms with Gasteiger partial charge in [0.15, 0.2) is 5.15 Å². The number of aryl methyl sites for hydroxylation is 2. The van der Waals surface area contributed by atoms with Gasteiger partial charge in [-0.25, -0.2) is 18.6 Å². The molecule has 1 aliphatic heterocycles. The van der Waals surface area contributed by atoms with E-state index in [-0.39, 0.29) is 36.2 Å². The van der Waals surface area contributed by atoms with Gasteiger partial charge in [-0.3, -0.25) is 4.90 Å². The number of carbonyl (C=O) groups excluding carboxylic acids is 1. The van der Waals surface area contributed by atoms with Gasteiger partial charge in [0.05, 0.1) is 17.3 Å². The summed E-state index contributed by atoms with van der Waals surface area (Å²) in [6, 6.07) is 0.0253. The molecular formula is C22H25ClF5N3O2. The second kappa shape index (κ2) is 9.12. The fraction of sp³-hybridized carbons (Fsp3) is 0.545. The summed E-state index contributed by atoms with van der Waals surface area (Å²) in [7, 11) is 0. The van der Waals surface area contributed by atoms with E-state index in [4.69, 9.17) is 16.3 Å². The van der Waals surface area contributed by atoms with Crippen LogP contribution >= 0.6 is 11.6 Å². The average Bonchev–Trinajstić information content (AvgIpc) is 3.02. The standard InChI is InChI=1S/C22H25ClF5N3O2/c1-5-17-29-19(23)18-16(30(8-9-31(17)18)20(32)33-21(2,3)4)7-6-12-10-15(25)13(11-14(12)24)22(26,27)28/h10-11,16H,5-9H2,1-4H3. The van der Waals surface area contributed by atoms with Crippen molar-refractivity contribution >= 4 is 17.7 Å². The molecule has 0 aliphatic carbocycles. The molecule has 1 atom stereocenters. The Kier molecular flexibility index (Phi) is 6.98. The van der Waals surface area contributed by atoms with E-state index < -0.39 is 41.1 Å². The number of benzene rings is 1. The lowest BCUT2D eigenvalue weighted by atomic mass is 9.98. The second-order valence-electron chi connectivity index (χ2n) is 8.86. The molecule has 1 amide bonds. The number of hydrogen-bond donors (Lipinski definition) is 0. The van der Waals surface area contributed by atoms with E-state index in [9.17, 15) is 26.7 Å². The van der Waals surface area contributed by atoms with Crippen molar-refractivity contribution in [3.05, 3.63) is 51.6 Å². The van der Waals surface area contributed by atoms with Gasteiger partial charge < -0.3 is 9.30 Å². The molecular weight excluding hydrogens is 469 g/mol. The summed E-state index contributed by atoms with van der Waals surface area (Å²) in [4.78, 5) is 18.7. The fourth-order valence-corrected chi connectivity index (χ4v) is 4.28. The molecule has 1 unspecified atom stereocenters. The summed E-state index contributed by atoms with van der Waals surface area (Å²) in [5.74, 6) is -2.00. The van der Waals surface area contributed by atoms with Gasteiger partial charge in [-0.1, -0.05) is 18.5 Å². The van der Waals surface area contributed by atoms with Crippen LogP contribution in [0.15, 0.2) is 12.1 Å². The second-order valence-corrected chi connectivity index (χ2v) is 9.22. The normalized spacial score (nSPS) is 16.7. The highest BCUT2D eigenvalue weighted by Crippen LogP contribution is 2.38. The van der Waals surface area contributed by atoms with Gasteiger partial charge in [0, 0.05) is 19.5 Å². The van der Waals surface area contributed by atoms with Crippen LogP contribution in [0.3, 0.4) is 0 Å². The van der Waals surface area contributed by atoms with Gasteiger partial charge >= 0.3 is 12.3 Å². The van der Waals surface area contributed by atoms with Crippen LogP contribution in [0.4, 0.5) is 26.7 Å². The van der Waals surface area contributed by atoms with Crippen LogP contribution < -0.4 is 0 Å². The largest absolute Gasteiger partial charge is 0.444 e. The predicted molar refractivity (Wildman–Crippen MR) is 112 cm³/mol. The highest BCUT2D eigenvalue weighted by Gasteiger charge is 2.38. The summed E-state index contributed by atoms with van der Waals surface area (Å²) in [5, 5.41) is 0.184. The SMILES string of the molecule is CCc1nc(Cl)c2n1CCN(C(=O)OC(C)(C)C)C2CCc1cc(F)c(C(F)(F)F)cc1F. The summed E-state index contributed by atoms with van der Waals surface area (Å²) >= 11 is 6.38. The smallest absolute Gasteiger partial charge is 0.419 e. The number of imidazole rings is 1. The first-order valence-corrected chi connectivity index (χ1v) is 10.9. The van der Waals surface area contributed by atoms with Crippen LogP contribution in [0.2, 0.25) is 5.15 Å². The van der Waals surface area contributed by atoms with E-state index in [1.165, 1.54) is 4.90 Å². The van der Waals surface area contributed by atoms with Crippen molar-refractivity contribution in [2.24, 2.45) is 0 Å². The molecule has 33 heavy (non-hydrogen) atoms. The lowest BCUT2D eigenvalue weighted by Crippen LogP contribution is -2.45. The van der Waals surface area contributed by atoms with Crippen molar-refractivity contribution < 1.29 is 31.5 Å². The number of fused-ring (bicyclic) bond motifs is 1. The molecule has 1 aliphatic rings. The number of rotatable bonds is 4. The van der Waals surface area contributed by atoms with Crippen molar-refractivity contribution in [2.45, 2.75) is 71.3 Å². The average molecular weight is 494 g/mol. The Balaban J connectivity index is 1.94. The van der Waals surface area contributed by atoms with E-state index in [0.29, 0.717) is 24.7 Å². The van der Waals surface area contributed by atoms with Gasteiger partial charge in [0.25, 0.3) is 0 Å². The van der Waals surface area contributed by atoms with Gasteiger partial charge in [0.1, 0.15) is 23.1 Å². The first kappa shape index (κ1) is 25.3. The minimum Gasteiger partial charge on any atom is -0.444 e.